The van der Waals surface area contributed by atoms with Crippen LogP contribution in [0.1, 0.15) is 23.7 Å². The van der Waals surface area contributed by atoms with Gasteiger partial charge in [-0.3, -0.25) is 9.48 Å². The van der Waals surface area contributed by atoms with Crippen LogP contribution in [0.25, 0.3) is 11.3 Å². The molecule has 0 bridgehead atoms. The van der Waals surface area contributed by atoms with Gasteiger partial charge in [0.1, 0.15) is 17.3 Å². The van der Waals surface area contributed by atoms with Gasteiger partial charge in [-0.2, -0.15) is 5.10 Å². The number of halogens is 1. The minimum atomic E-state index is -0.117. The second kappa shape index (κ2) is 5.28. The van der Waals surface area contributed by atoms with Crippen LogP contribution in [0, 0.1) is 0 Å². The fraction of sp³-hybridized carbons (Fsp3) is 0.176. The van der Waals surface area contributed by atoms with E-state index < -0.39 is 0 Å². The van der Waals surface area contributed by atoms with Crippen molar-refractivity contribution in [3.63, 3.8) is 0 Å². The summed E-state index contributed by atoms with van der Waals surface area (Å²) in [7, 11) is 1.81. The molecule has 1 amide bonds. The van der Waals surface area contributed by atoms with Crippen LogP contribution < -0.4 is 5.32 Å². The van der Waals surface area contributed by atoms with Crippen LogP contribution in [0.5, 0.6) is 0 Å². The third kappa shape index (κ3) is 2.43. The van der Waals surface area contributed by atoms with E-state index in [-0.39, 0.29) is 11.8 Å². The Balaban J connectivity index is 1.72. The first-order chi connectivity index (χ1) is 11.1. The zero-order chi connectivity index (χ0) is 16.0. The van der Waals surface area contributed by atoms with Crippen molar-refractivity contribution >= 4 is 23.3 Å². The number of nitrogens with zero attached hydrogens (tertiary/aromatic N) is 2. The van der Waals surface area contributed by atoms with Crippen molar-refractivity contribution in [2.45, 2.75) is 12.3 Å². The fourth-order valence-electron chi connectivity index (χ4n) is 2.90. The van der Waals surface area contributed by atoms with E-state index in [4.69, 9.17) is 16.0 Å². The molecule has 0 spiro atoms. The van der Waals surface area contributed by atoms with E-state index in [1.807, 2.05) is 43.4 Å². The van der Waals surface area contributed by atoms with E-state index in [1.165, 1.54) is 0 Å². The van der Waals surface area contributed by atoms with Gasteiger partial charge in [0, 0.05) is 29.6 Å². The molecule has 0 radical (unpaired) electrons. The van der Waals surface area contributed by atoms with Crippen molar-refractivity contribution in [1.82, 2.24) is 9.78 Å². The highest BCUT2D eigenvalue weighted by molar-refractivity contribution is 6.30. The maximum absolute atomic E-state index is 12.0. The lowest BCUT2D eigenvalue weighted by molar-refractivity contribution is -0.116. The quantitative estimate of drug-likeness (QED) is 0.778. The molecule has 0 fully saturated rings. The summed E-state index contributed by atoms with van der Waals surface area (Å²) < 4.78 is 7.67. The zero-order valence-corrected chi connectivity index (χ0v) is 13.2. The number of fused-ring (bicyclic) bond motifs is 1. The summed E-state index contributed by atoms with van der Waals surface area (Å²) in [6.45, 7) is 0. The Labute approximate surface area is 137 Å². The highest BCUT2D eigenvalue weighted by Gasteiger charge is 2.31. The van der Waals surface area contributed by atoms with Crippen LogP contribution in [-0.2, 0) is 11.8 Å². The minimum absolute atomic E-state index is 0.0319. The predicted octanol–water partition coefficient (Wildman–Crippen LogP) is 3.81. The number of carbonyl (C=O) groups is 1. The molecule has 1 aliphatic rings. The van der Waals surface area contributed by atoms with Crippen molar-refractivity contribution in [1.29, 1.82) is 0 Å². The first-order valence-corrected chi connectivity index (χ1v) is 7.67. The van der Waals surface area contributed by atoms with Gasteiger partial charge in [0.05, 0.1) is 12.1 Å². The number of hydrogen-bond donors (Lipinski definition) is 1. The number of aryl methyl sites for hydroxylation is 1. The van der Waals surface area contributed by atoms with Crippen LogP contribution in [0.15, 0.2) is 47.0 Å². The number of amides is 1. The molecule has 6 heteroatoms. The maximum atomic E-state index is 12.0. The summed E-state index contributed by atoms with van der Waals surface area (Å²) in [6, 6.07) is 11.3. The molecule has 0 aliphatic carbocycles. The summed E-state index contributed by atoms with van der Waals surface area (Å²) in [4.78, 5) is 12.0. The molecule has 0 saturated heterocycles. The van der Waals surface area contributed by atoms with Gasteiger partial charge in [0.25, 0.3) is 0 Å². The third-order valence-electron chi connectivity index (χ3n) is 4.09. The van der Waals surface area contributed by atoms with Crippen molar-refractivity contribution in [2.24, 2.45) is 7.05 Å². The molecule has 23 heavy (non-hydrogen) atoms. The molecule has 0 saturated carbocycles. The molecule has 3 aromatic rings. The van der Waals surface area contributed by atoms with E-state index >= 15 is 0 Å². The van der Waals surface area contributed by atoms with Gasteiger partial charge in [0.2, 0.25) is 5.91 Å². The number of carbonyl (C=O) groups excluding carboxylic acids is 1. The lowest BCUT2D eigenvalue weighted by atomic mass is 9.92. The van der Waals surface area contributed by atoms with Gasteiger partial charge >= 0.3 is 0 Å². The van der Waals surface area contributed by atoms with E-state index in [0.717, 1.165) is 28.5 Å². The first kappa shape index (κ1) is 14.1. The van der Waals surface area contributed by atoms with Gasteiger partial charge in [-0.25, -0.2) is 0 Å². The maximum Gasteiger partial charge on any atom is 0.226 e. The van der Waals surface area contributed by atoms with Crippen molar-refractivity contribution < 1.29 is 9.21 Å². The smallest absolute Gasteiger partial charge is 0.226 e. The Bertz CT molecular complexity index is 880. The Hall–Kier alpha value is -2.53. The average molecular weight is 328 g/mol. The molecule has 2 aromatic heterocycles. The molecule has 0 unspecified atom stereocenters. The molecular formula is C17H14ClN3O2. The lowest BCUT2D eigenvalue weighted by Gasteiger charge is -2.21. The van der Waals surface area contributed by atoms with Crippen LogP contribution in [-0.4, -0.2) is 15.7 Å². The summed E-state index contributed by atoms with van der Waals surface area (Å²) in [5.41, 5.74) is 1.93. The molecule has 4 rings (SSSR count). The summed E-state index contributed by atoms with van der Waals surface area (Å²) in [6.07, 6.45) is 2.14. The normalized spacial score (nSPS) is 17.0. The lowest BCUT2D eigenvalue weighted by Crippen LogP contribution is -2.24. The summed E-state index contributed by atoms with van der Waals surface area (Å²) >= 11 is 5.92. The summed E-state index contributed by atoms with van der Waals surface area (Å²) in [5.74, 6) is 2.10. The molecule has 3 heterocycles. The van der Waals surface area contributed by atoms with Crippen LogP contribution in [0.3, 0.4) is 0 Å². The standard InChI is InChI=1S/C17H14ClN3O2/c1-21-17-13(9-19-21)12(8-16(22)20-17)15-7-6-14(23-15)10-2-4-11(18)5-3-10/h2-7,9,12H,8H2,1H3,(H,20,22)/t12-/m1/s1. The minimum Gasteiger partial charge on any atom is -0.460 e. The van der Waals surface area contributed by atoms with Crippen LogP contribution >= 0.6 is 11.6 Å². The van der Waals surface area contributed by atoms with Crippen LogP contribution in [0.2, 0.25) is 5.02 Å². The molecule has 1 aliphatic heterocycles. The number of aromatic nitrogens is 2. The van der Waals surface area contributed by atoms with Gasteiger partial charge < -0.3 is 9.73 Å². The van der Waals surface area contributed by atoms with Crippen LogP contribution in [0.4, 0.5) is 5.82 Å². The van der Waals surface area contributed by atoms with E-state index in [9.17, 15) is 4.79 Å². The molecule has 116 valence electrons. The highest BCUT2D eigenvalue weighted by atomic mass is 35.5. The number of hydrogen-bond acceptors (Lipinski definition) is 3. The second-order valence-electron chi connectivity index (χ2n) is 5.59. The Morgan fingerprint density at radius 3 is 2.83 bits per heavy atom. The fourth-order valence-corrected chi connectivity index (χ4v) is 3.03. The molecule has 5 nitrogen and oxygen atoms in total. The van der Waals surface area contributed by atoms with Gasteiger partial charge in [0.15, 0.2) is 0 Å². The van der Waals surface area contributed by atoms with Crippen molar-refractivity contribution in [2.75, 3.05) is 5.32 Å². The number of benzene rings is 1. The molecule has 1 atom stereocenters. The van der Waals surface area contributed by atoms with E-state index in [2.05, 4.69) is 10.4 Å². The first-order valence-electron chi connectivity index (χ1n) is 7.29. The van der Waals surface area contributed by atoms with Gasteiger partial charge in [-0.15, -0.1) is 0 Å². The van der Waals surface area contributed by atoms with Gasteiger partial charge in [-0.05, 0) is 36.4 Å². The van der Waals surface area contributed by atoms with Crippen molar-refractivity contribution in [3.8, 4) is 11.3 Å². The number of furan rings is 1. The summed E-state index contributed by atoms with van der Waals surface area (Å²) in [5, 5.41) is 7.77. The Kier molecular flexibility index (Phi) is 3.23. The molecular weight excluding hydrogens is 314 g/mol. The SMILES string of the molecule is Cn1ncc2c1NC(=O)C[C@H]2c1ccc(-c2ccc(Cl)cc2)o1. The number of nitrogens with one attached hydrogen (secondary N) is 1. The third-order valence-corrected chi connectivity index (χ3v) is 4.34. The predicted molar refractivity (Wildman–Crippen MR) is 87.5 cm³/mol. The Morgan fingerprint density at radius 1 is 1.26 bits per heavy atom. The molecule has 1 aromatic carbocycles. The topological polar surface area (TPSA) is 60.1 Å². The van der Waals surface area contributed by atoms with E-state index in [0.29, 0.717) is 11.4 Å². The average Bonchev–Trinajstić information content (AvgIpc) is 3.16. The number of anilines is 1. The highest BCUT2D eigenvalue weighted by Crippen LogP contribution is 2.38. The number of rotatable bonds is 2. The van der Waals surface area contributed by atoms with Gasteiger partial charge in [-0.1, -0.05) is 11.6 Å². The Morgan fingerprint density at radius 2 is 2.04 bits per heavy atom. The monoisotopic (exact) mass is 327 g/mol. The molecule has 1 N–H and O–H groups in total. The second-order valence-corrected chi connectivity index (χ2v) is 6.02. The zero-order valence-electron chi connectivity index (χ0n) is 12.4. The largest absolute Gasteiger partial charge is 0.460 e. The van der Waals surface area contributed by atoms with E-state index in [1.54, 1.807) is 10.9 Å². The van der Waals surface area contributed by atoms with Crippen molar-refractivity contribution in [3.05, 3.63) is 58.9 Å².